The van der Waals surface area contributed by atoms with Crippen LogP contribution in [0.1, 0.15) is 45.4 Å². The number of aldehydes is 1. The molecule has 1 aliphatic carbocycles. The van der Waals surface area contributed by atoms with Crippen molar-refractivity contribution < 1.29 is 9.59 Å². The van der Waals surface area contributed by atoms with Crippen LogP contribution in [0.3, 0.4) is 0 Å². The average molecular weight is 460 g/mol. The third-order valence-corrected chi connectivity index (χ3v) is 7.63. The molecule has 2 fully saturated rings. The van der Waals surface area contributed by atoms with Crippen molar-refractivity contribution in [3.05, 3.63) is 31.0 Å². The fraction of sp³-hybridized carbons (Fsp3) is 0.520. The lowest BCUT2D eigenvalue weighted by molar-refractivity contribution is -0.137. The van der Waals surface area contributed by atoms with Gasteiger partial charge in [-0.1, -0.05) is 19.8 Å². The fourth-order valence-corrected chi connectivity index (χ4v) is 5.92. The van der Waals surface area contributed by atoms with Crippen LogP contribution in [0, 0.1) is 29.1 Å². The van der Waals surface area contributed by atoms with E-state index in [0.29, 0.717) is 37.8 Å². The molecular weight excluding hydrogens is 430 g/mol. The summed E-state index contributed by atoms with van der Waals surface area (Å²) in [5.41, 5.74) is 2.08. The average Bonchev–Trinajstić information content (AvgIpc) is 3.61. The summed E-state index contributed by atoms with van der Waals surface area (Å²) in [4.78, 5) is 38.1. The number of fused-ring (bicyclic) bond motifs is 2. The molecule has 1 unspecified atom stereocenters. The second-order valence-corrected chi connectivity index (χ2v) is 9.75. The van der Waals surface area contributed by atoms with Crippen molar-refractivity contribution in [1.82, 2.24) is 29.6 Å². The molecule has 3 aromatic heterocycles. The van der Waals surface area contributed by atoms with E-state index in [4.69, 9.17) is 0 Å². The molecule has 1 N–H and O–H groups in total. The number of unbranched alkanes of at least 4 members (excludes halogenated alkanes) is 1. The maximum atomic E-state index is 12.9. The summed E-state index contributed by atoms with van der Waals surface area (Å²) >= 11 is 0. The summed E-state index contributed by atoms with van der Waals surface area (Å²) in [6, 6.07) is 4.33. The maximum Gasteiger partial charge on any atom is 0.232 e. The number of hydrogen-bond donors (Lipinski definition) is 1. The van der Waals surface area contributed by atoms with Gasteiger partial charge in [-0.15, -0.1) is 0 Å². The lowest BCUT2D eigenvalue weighted by Gasteiger charge is -2.30. The van der Waals surface area contributed by atoms with Gasteiger partial charge in [0.25, 0.3) is 0 Å². The highest BCUT2D eigenvalue weighted by Gasteiger charge is 2.51. The highest BCUT2D eigenvalue weighted by Crippen LogP contribution is 2.50. The van der Waals surface area contributed by atoms with E-state index >= 15 is 0 Å². The summed E-state index contributed by atoms with van der Waals surface area (Å²) in [5, 5.41) is 15.3. The van der Waals surface area contributed by atoms with Crippen LogP contribution >= 0.6 is 0 Å². The van der Waals surface area contributed by atoms with Crippen LogP contribution in [0.4, 0.5) is 0 Å². The van der Waals surface area contributed by atoms with Gasteiger partial charge in [0, 0.05) is 36.4 Å². The van der Waals surface area contributed by atoms with E-state index in [1.165, 1.54) is 6.33 Å². The molecule has 34 heavy (non-hydrogen) atoms. The van der Waals surface area contributed by atoms with Gasteiger partial charge in [0.05, 0.1) is 35.8 Å². The van der Waals surface area contributed by atoms with Crippen LogP contribution in [-0.4, -0.2) is 54.9 Å². The zero-order chi connectivity index (χ0) is 23.7. The van der Waals surface area contributed by atoms with Gasteiger partial charge < -0.3 is 14.7 Å². The van der Waals surface area contributed by atoms with Crippen molar-refractivity contribution in [1.29, 1.82) is 5.26 Å². The van der Waals surface area contributed by atoms with Crippen LogP contribution in [0.2, 0.25) is 0 Å². The second-order valence-electron chi connectivity index (χ2n) is 9.75. The van der Waals surface area contributed by atoms with Crippen molar-refractivity contribution in [3.63, 3.8) is 0 Å². The Kier molecular flexibility index (Phi) is 5.90. The summed E-state index contributed by atoms with van der Waals surface area (Å²) in [5.74, 6) is 0.0385. The Balaban J connectivity index is 1.35. The maximum absolute atomic E-state index is 12.9. The SMILES string of the molecule is CCCCC(C=O)C(=O)N1C[C@@H]2C[C@@](CC#N)(n3cc(-c4ncnc5[nH]ccc45)cn3)C[C@@H]2C1. The van der Waals surface area contributed by atoms with Crippen LogP contribution < -0.4 is 0 Å². The fourth-order valence-electron chi connectivity index (χ4n) is 5.92. The van der Waals surface area contributed by atoms with E-state index in [-0.39, 0.29) is 5.91 Å². The third-order valence-electron chi connectivity index (χ3n) is 7.63. The number of rotatable bonds is 8. The number of nitrogens with zero attached hydrogens (tertiary/aromatic N) is 6. The van der Waals surface area contributed by atoms with Crippen LogP contribution in [0.25, 0.3) is 22.3 Å². The smallest absolute Gasteiger partial charge is 0.232 e. The van der Waals surface area contributed by atoms with E-state index in [1.807, 2.05) is 28.0 Å². The molecule has 3 aromatic rings. The van der Waals surface area contributed by atoms with E-state index in [0.717, 1.165) is 54.3 Å². The molecule has 5 rings (SSSR count). The molecule has 4 atom stereocenters. The van der Waals surface area contributed by atoms with Gasteiger partial charge in [0.15, 0.2) is 0 Å². The number of carbonyl (C=O) groups is 2. The predicted octanol–water partition coefficient (Wildman–Crippen LogP) is 3.30. The number of carbonyl (C=O) groups excluding carboxylic acids is 2. The van der Waals surface area contributed by atoms with E-state index in [9.17, 15) is 14.9 Å². The van der Waals surface area contributed by atoms with Crippen molar-refractivity contribution in [2.45, 2.75) is 51.0 Å². The largest absolute Gasteiger partial charge is 0.346 e. The number of aromatic nitrogens is 5. The summed E-state index contributed by atoms with van der Waals surface area (Å²) in [6.07, 6.45) is 12.4. The van der Waals surface area contributed by atoms with Crippen LogP contribution in [-0.2, 0) is 15.1 Å². The molecule has 1 aliphatic heterocycles. The normalized spacial score (nSPS) is 24.8. The van der Waals surface area contributed by atoms with Crippen LogP contribution in [0.15, 0.2) is 31.0 Å². The van der Waals surface area contributed by atoms with E-state index < -0.39 is 11.5 Å². The molecule has 0 aromatic carbocycles. The number of hydrogen-bond acceptors (Lipinski definition) is 6. The quantitative estimate of drug-likeness (QED) is 0.408. The Morgan fingerprint density at radius 3 is 2.85 bits per heavy atom. The predicted molar refractivity (Wildman–Crippen MR) is 125 cm³/mol. The molecule has 2 aliphatic rings. The first kappa shape index (κ1) is 22.3. The van der Waals surface area contributed by atoms with Gasteiger partial charge in [-0.2, -0.15) is 10.4 Å². The Morgan fingerprint density at radius 1 is 1.35 bits per heavy atom. The molecule has 9 nitrogen and oxygen atoms in total. The highest BCUT2D eigenvalue weighted by molar-refractivity contribution is 5.92. The van der Waals surface area contributed by atoms with Crippen molar-refractivity contribution in [2.75, 3.05) is 13.1 Å². The third kappa shape index (κ3) is 3.77. The number of H-pyrrole nitrogens is 1. The molecule has 0 bridgehead atoms. The zero-order valence-electron chi connectivity index (χ0n) is 19.4. The topological polar surface area (TPSA) is 121 Å². The van der Waals surface area contributed by atoms with Gasteiger partial charge in [0.2, 0.25) is 5.91 Å². The van der Waals surface area contributed by atoms with Gasteiger partial charge in [-0.3, -0.25) is 9.48 Å². The van der Waals surface area contributed by atoms with E-state index in [1.54, 1.807) is 6.20 Å². The minimum Gasteiger partial charge on any atom is -0.346 e. The molecule has 9 heteroatoms. The molecule has 0 spiro atoms. The van der Waals surface area contributed by atoms with Gasteiger partial charge in [0.1, 0.15) is 18.3 Å². The van der Waals surface area contributed by atoms with Gasteiger partial charge >= 0.3 is 0 Å². The zero-order valence-corrected chi connectivity index (χ0v) is 19.4. The number of nitriles is 1. The minimum absolute atomic E-state index is 0.0376. The Hall–Kier alpha value is -3.54. The molecule has 0 radical (unpaired) electrons. The number of amides is 1. The lowest BCUT2D eigenvalue weighted by Crippen LogP contribution is -2.38. The summed E-state index contributed by atoms with van der Waals surface area (Å²) in [6.45, 7) is 3.36. The van der Waals surface area contributed by atoms with Gasteiger partial charge in [-0.05, 0) is 37.2 Å². The number of nitrogens with one attached hydrogen (secondary N) is 1. The van der Waals surface area contributed by atoms with Crippen molar-refractivity contribution in [3.8, 4) is 17.3 Å². The highest BCUT2D eigenvalue weighted by atomic mass is 16.2. The Morgan fingerprint density at radius 2 is 2.15 bits per heavy atom. The number of aromatic amines is 1. The van der Waals surface area contributed by atoms with Crippen molar-refractivity contribution >= 4 is 23.2 Å². The molecular formula is C25H29N7O2. The monoisotopic (exact) mass is 459 g/mol. The van der Waals surface area contributed by atoms with Crippen molar-refractivity contribution in [2.24, 2.45) is 17.8 Å². The van der Waals surface area contributed by atoms with E-state index in [2.05, 4.69) is 33.0 Å². The molecule has 176 valence electrons. The second kappa shape index (κ2) is 9.01. The number of likely N-dealkylation sites (tertiary alicyclic amines) is 1. The Bertz CT molecular complexity index is 1230. The molecule has 1 saturated carbocycles. The summed E-state index contributed by atoms with van der Waals surface area (Å²) < 4.78 is 1.95. The molecule has 1 amide bonds. The van der Waals surface area contributed by atoms with Gasteiger partial charge in [-0.25, -0.2) is 9.97 Å². The Labute approximate surface area is 198 Å². The minimum atomic E-state index is -0.533. The first-order valence-electron chi connectivity index (χ1n) is 12.0. The first-order chi connectivity index (χ1) is 16.6. The summed E-state index contributed by atoms with van der Waals surface area (Å²) in [7, 11) is 0. The molecule has 4 heterocycles. The lowest BCUT2D eigenvalue weighted by atomic mass is 9.91. The molecule has 1 saturated heterocycles. The standard InChI is InChI=1S/C25H29N7O2/c1-2-3-4-17(15-33)24(34)31-12-18-9-25(6-7-26,10-19(18)13-31)32-14-20(11-30-32)22-21-5-8-27-23(21)29-16-28-22/h5,8,11,14-19H,2-4,6,9-10,12-13H2,1H3,(H,27,28,29)/t17?,18-,19+,25+. The van der Waals surface area contributed by atoms with Crippen LogP contribution in [0.5, 0.6) is 0 Å². The first-order valence-corrected chi connectivity index (χ1v) is 12.0.